The van der Waals surface area contributed by atoms with Crippen LogP contribution in [0.5, 0.6) is 0 Å². The predicted molar refractivity (Wildman–Crippen MR) is 95.4 cm³/mol. The van der Waals surface area contributed by atoms with Crippen molar-refractivity contribution in [1.29, 1.82) is 0 Å². The van der Waals surface area contributed by atoms with Crippen molar-refractivity contribution in [3.05, 3.63) is 35.7 Å². The van der Waals surface area contributed by atoms with Gasteiger partial charge in [-0.05, 0) is 44.2 Å². The van der Waals surface area contributed by atoms with Gasteiger partial charge in [-0.2, -0.15) is 0 Å². The summed E-state index contributed by atoms with van der Waals surface area (Å²) in [6.45, 7) is 8.06. The minimum Gasteiger partial charge on any atom is -0.393 e. The topological polar surface area (TPSA) is 70.3 Å². The summed E-state index contributed by atoms with van der Waals surface area (Å²) in [6.07, 6.45) is 1.58. The van der Waals surface area contributed by atoms with Gasteiger partial charge in [0.1, 0.15) is 12.0 Å². The molecule has 1 aliphatic rings. The van der Waals surface area contributed by atoms with Crippen molar-refractivity contribution >= 4 is 23.0 Å². The van der Waals surface area contributed by atoms with Crippen LogP contribution in [0.25, 0.3) is 0 Å². The van der Waals surface area contributed by atoms with Crippen molar-refractivity contribution in [1.82, 2.24) is 14.9 Å². The maximum Gasteiger partial charge on any atom is 0.159 e. The standard InChI is InChI=1S/C17H24N6/c1-12-8-13(2)10-14(9-12)21-16-15(18)17(20-11-19-16)23-6-4-22(3)5-7-23/h8-11H,4-7,18H2,1-3H3,(H,19,20,21). The van der Waals surface area contributed by atoms with Gasteiger partial charge in [-0.3, -0.25) is 0 Å². The number of aromatic nitrogens is 2. The summed E-state index contributed by atoms with van der Waals surface area (Å²) < 4.78 is 0. The molecule has 2 aromatic rings. The highest BCUT2D eigenvalue weighted by molar-refractivity contribution is 5.78. The molecular weight excluding hydrogens is 288 g/mol. The Morgan fingerprint density at radius 3 is 2.30 bits per heavy atom. The van der Waals surface area contributed by atoms with Gasteiger partial charge in [-0.15, -0.1) is 0 Å². The van der Waals surface area contributed by atoms with Crippen molar-refractivity contribution in [2.45, 2.75) is 13.8 Å². The van der Waals surface area contributed by atoms with E-state index in [4.69, 9.17) is 5.73 Å². The number of nitrogens with one attached hydrogen (secondary N) is 1. The molecule has 1 aliphatic heterocycles. The molecule has 1 aromatic heterocycles. The van der Waals surface area contributed by atoms with Gasteiger partial charge in [0, 0.05) is 31.9 Å². The van der Waals surface area contributed by atoms with Crippen molar-refractivity contribution < 1.29 is 0 Å². The number of benzene rings is 1. The first-order valence-corrected chi connectivity index (χ1v) is 7.92. The number of anilines is 4. The zero-order chi connectivity index (χ0) is 16.4. The van der Waals surface area contributed by atoms with Gasteiger partial charge < -0.3 is 20.9 Å². The quantitative estimate of drug-likeness (QED) is 0.905. The first-order chi connectivity index (χ1) is 11.0. The molecule has 122 valence electrons. The second-order valence-corrected chi connectivity index (χ2v) is 6.25. The maximum absolute atomic E-state index is 6.33. The molecule has 0 aliphatic carbocycles. The number of piperazine rings is 1. The molecule has 1 aromatic carbocycles. The van der Waals surface area contributed by atoms with Crippen LogP contribution in [0.3, 0.4) is 0 Å². The normalized spacial score (nSPS) is 15.7. The van der Waals surface area contributed by atoms with E-state index in [0.29, 0.717) is 11.5 Å². The molecule has 0 saturated carbocycles. The van der Waals surface area contributed by atoms with E-state index < -0.39 is 0 Å². The Balaban J connectivity index is 1.84. The van der Waals surface area contributed by atoms with Crippen LogP contribution in [0, 0.1) is 13.8 Å². The predicted octanol–water partition coefficient (Wildman–Crippen LogP) is 2.17. The molecule has 1 fully saturated rings. The third kappa shape index (κ3) is 3.53. The molecule has 6 heteroatoms. The number of hydrogen-bond donors (Lipinski definition) is 2. The molecule has 0 spiro atoms. The molecule has 0 atom stereocenters. The van der Waals surface area contributed by atoms with Crippen molar-refractivity contribution in [3.63, 3.8) is 0 Å². The molecule has 0 bridgehead atoms. The molecule has 6 nitrogen and oxygen atoms in total. The number of nitrogens with zero attached hydrogens (tertiary/aromatic N) is 4. The minimum absolute atomic E-state index is 0.608. The van der Waals surface area contributed by atoms with Crippen molar-refractivity contribution in [3.8, 4) is 0 Å². The lowest BCUT2D eigenvalue weighted by molar-refractivity contribution is 0.312. The van der Waals surface area contributed by atoms with E-state index in [1.807, 2.05) is 0 Å². The number of hydrogen-bond acceptors (Lipinski definition) is 6. The summed E-state index contributed by atoms with van der Waals surface area (Å²) >= 11 is 0. The summed E-state index contributed by atoms with van der Waals surface area (Å²) in [5.41, 5.74) is 10.4. The van der Waals surface area contributed by atoms with Gasteiger partial charge in [0.05, 0.1) is 0 Å². The van der Waals surface area contributed by atoms with Gasteiger partial charge in [0.2, 0.25) is 0 Å². The zero-order valence-electron chi connectivity index (χ0n) is 14.0. The Morgan fingerprint density at radius 1 is 1.00 bits per heavy atom. The minimum atomic E-state index is 0.608. The molecule has 23 heavy (non-hydrogen) atoms. The van der Waals surface area contributed by atoms with Crippen LogP contribution in [0.2, 0.25) is 0 Å². The van der Waals surface area contributed by atoms with E-state index in [0.717, 1.165) is 37.7 Å². The highest BCUT2D eigenvalue weighted by Gasteiger charge is 2.19. The number of aryl methyl sites for hydroxylation is 2. The van der Waals surface area contributed by atoms with Gasteiger partial charge in [-0.25, -0.2) is 9.97 Å². The Kier molecular flexibility index (Phi) is 4.34. The second-order valence-electron chi connectivity index (χ2n) is 6.25. The van der Waals surface area contributed by atoms with Crippen molar-refractivity contribution in [2.24, 2.45) is 0 Å². The SMILES string of the molecule is Cc1cc(C)cc(Nc2ncnc(N3CCN(C)CC3)c2N)c1. The van der Waals surface area contributed by atoms with Crippen LogP contribution in [0.4, 0.5) is 23.0 Å². The fourth-order valence-corrected chi connectivity index (χ4v) is 2.94. The average Bonchev–Trinajstić information content (AvgIpc) is 2.49. The van der Waals surface area contributed by atoms with E-state index in [1.165, 1.54) is 11.1 Å². The molecule has 3 rings (SSSR count). The summed E-state index contributed by atoms with van der Waals surface area (Å²) in [5.74, 6) is 1.49. The van der Waals surface area contributed by atoms with Crippen LogP contribution in [0.1, 0.15) is 11.1 Å². The third-order valence-corrected chi connectivity index (χ3v) is 4.15. The van der Waals surface area contributed by atoms with Crippen LogP contribution >= 0.6 is 0 Å². The zero-order valence-corrected chi connectivity index (χ0v) is 14.0. The van der Waals surface area contributed by atoms with Crippen LogP contribution in [0.15, 0.2) is 24.5 Å². The van der Waals surface area contributed by atoms with E-state index in [9.17, 15) is 0 Å². The Morgan fingerprint density at radius 2 is 1.65 bits per heavy atom. The largest absolute Gasteiger partial charge is 0.393 e. The van der Waals surface area contributed by atoms with E-state index in [2.05, 4.69) is 64.2 Å². The fourth-order valence-electron chi connectivity index (χ4n) is 2.94. The second kappa shape index (κ2) is 6.42. The van der Waals surface area contributed by atoms with E-state index in [-0.39, 0.29) is 0 Å². The monoisotopic (exact) mass is 312 g/mol. The lowest BCUT2D eigenvalue weighted by Gasteiger charge is -2.33. The average molecular weight is 312 g/mol. The summed E-state index contributed by atoms with van der Waals surface area (Å²) in [4.78, 5) is 13.2. The summed E-state index contributed by atoms with van der Waals surface area (Å²) in [7, 11) is 2.13. The lowest BCUT2D eigenvalue weighted by atomic mass is 10.1. The molecule has 0 unspecified atom stereocenters. The van der Waals surface area contributed by atoms with Crippen molar-refractivity contribution in [2.75, 3.05) is 49.2 Å². The molecular formula is C17H24N6. The van der Waals surface area contributed by atoms with Gasteiger partial charge in [0.15, 0.2) is 11.6 Å². The highest BCUT2D eigenvalue weighted by atomic mass is 15.3. The lowest BCUT2D eigenvalue weighted by Crippen LogP contribution is -2.45. The number of nitrogen functional groups attached to an aromatic ring is 1. The first kappa shape index (κ1) is 15.6. The first-order valence-electron chi connectivity index (χ1n) is 7.92. The molecule has 0 radical (unpaired) electrons. The molecule has 0 amide bonds. The maximum atomic E-state index is 6.33. The highest BCUT2D eigenvalue weighted by Crippen LogP contribution is 2.29. The molecule has 1 saturated heterocycles. The smallest absolute Gasteiger partial charge is 0.159 e. The third-order valence-electron chi connectivity index (χ3n) is 4.15. The summed E-state index contributed by atoms with van der Waals surface area (Å²) in [5, 5.41) is 3.33. The van der Waals surface area contributed by atoms with Crippen LogP contribution < -0.4 is 16.0 Å². The Bertz CT molecular complexity index is 671. The van der Waals surface area contributed by atoms with Crippen LogP contribution in [-0.4, -0.2) is 48.1 Å². The summed E-state index contributed by atoms with van der Waals surface area (Å²) in [6, 6.07) is 6.32. The van der Waals surface area contributed by atoms with E-state index >= 15 is 0 Å². The molecule has 3 N–H and O–H groups in total. The van der Waals surface area contributed by atoms with Crippen LogP contribution in [-0.2, 0) is 0 Å². The van der Waals surface area contributed by atoms with Gasteiger partial charge in [0.25, 0.3) is 0 Å². The van der Waals surface area contributed by atoms with Gasteiger partial charge >= 0.3 is 0 Å². The van der Waals surface area contributed by atoms with E-state index in [1.54, 1.807) is 6.33 Å². The number of nitrogens with two attached hydrogens (primary N) is 1. The Labute approximate surface area is 137 Å². The number of rotatable bonds is 3. The van der Waals surface area contributed by atoms with Gasteiger partial charge in [-0.1, -0.05) is 6.07 Å². The number of likely N-dealkylation sites (N-methyl/N-ethyl adjacent to an activating group) is 1. The fraction of sp³-hybridized carbons (Fsp3) is 0.412. The molecule has 2 heterocycles. The Hall–Kier alpha value is -2.34.